The molecule has 1 aliphatic rings. The van der Waals surface area contributed by atoms with E-state index < -0.39 is 0 Å². The summed E-state index contributed by atoms with van der Waals surface area (Å²) >= 11 is 18.1. The van der Waals surface area contributed by atoms with Crippen molar-refractivity contribution in [2.45, 2.75) is 13.0 Å². The van der Waals surface area contributed by atoms with Crippen LogP contribution in [0.5, 0.6) is 0 Å². The van der Waals surface area contributed by atoms with Crippen molar-refractivity contribution in [1.29, 1.82) is 0 Å². The molecule has 1 fully saturated rings. The molecule has 0 saturated carbocycles. The maximum absolute atomic E-state index is 13.0. The van der Waals surface area contributed by atoms with Gasteiger partial charge in [-0.05, 0) is 43.3 Å². The van der Waals surface area contributed by atoms with Crippen molar-refractivity contribution in [2.24, 2.45) is 0 Å². The number of carbonyl (C=O) groups excluding carboxylic acids is 2. The first-order valence-electron chi connectivity index (χ1n) is 9.70. The van der Waals surface area contributed by atoms with E-state index in [1.54, 1.807) is 0 Å². The molecular weight excluding hydrogens is 466 g/mol. The van der Waals surface area contributed by atoms with E-state index in [0.717, 1.165) is 0 Å². The summed E-state index contributed by atoms with van der Waals surface area (Å²) in [6.45, 7) is 4.59. The van der Waals surface area contributed by atoms with E-state index >= 15 is 0 Å². The third-order valence-corrected chi connectivity index (χ3v) is 6.13. The van der Waals surface area contributed by atoms with Crippen LogP contribution in [0.2, 0.25) is 15.1 Å². The van der Waals surface area contributed by atoms with Crippen molar-refractivity contribution in [3.05, 3.63) is 57.3 Å². The molecule has 31 heavy (non-hydrogen) atoms. The number of halogens is 4. The van der Waals surface area contributed by atoms with E-state index in [1.165, 1.54) is 36.4 Å². The Morgan fingerprint density at radius 3 is 2.23 bits per heavy atom. The highest BCUT2D eigenvalue weighted by molar-refractivity contribution is 6.44. The zero-order valence-corrected chi connectivity index (χ0v) is 19.1. The molecule has 1 saturated heterocycles. The maximum atomic E-state index is 13.0. The molecule has 1 aliphatic heterocycles. The van der Waals surface area contributed by atoms with E-state index in [4.69, 9.17) is 34.8 Å². The number of benzene rings is 2. The van der Waals surface area contributed by atoms with Crippen LogP contribution in [0.25, 0.3) is 0 Å². The first-order chi connectivity index (χ1) is 14.7. The smallest absolute Gasteiger partial charge is 0.241 e. The van der Waals surface area contributed by atoms with E-state index in [9.17, 15) is 14.0 Å². The van der Waals surface area contributed by atoms with Gasteiger partial charge in [0.25, 0.3) is 0 Å². The highest BCUT2D eigenvalue weighted by atomic mass is 35.5. The Morgan fingerprint density at radius 2 is 1.58 bits per heavy atom. The zero-order chi connectivity index (χ0) is 22.5. The van der Waals surface area contributed by atoms with Gasteiger partial charge in [0, 0.05) is 31.9 Å². The number of amides is 2. The van der Waals surface area contributed by atoms with Crippen molar-refractivity contribution in [3.63, 3.8) is 0 Å². The van der Waals surface area contributed by atoms with E-state index in [2.05, 4.69) is 10.6 Å². The molecule has 1 atom stereocenters. The second-order valence-corrected chi connectivity index (χ2v) is 8.50. The number of hydrogen-bond donors (Lipinski definition) is 2. The second-order valence-electron chi connectivity index (χ2n) is 7.28. The van der Waals surface area contributed by atoms with Gasteiger partial charge in [-0.15, -0.1) is 0 Å². The van der Waals surface area contributed by atoms with Gasteiger partial charge in [0.2, 0.25) is 11.8 Å². The first kappa shape index (κ1) is 23.8. The second kappa shape index (κ2) is 10.6. The van der Waals surface area contributed by atoms with Crippen LogP contribution in [-0.4, -0.2) is 60.4 Å². The topological polar surface area (TPSA) is 64.7 Å². The fourth-order valence-corrected chi connectivity index (χ4v) is 3.86. The summed E-state index contributed by atoms with van der Waals surface area (Å²) in [5.74, 6) is -0.725. The highest BCUT2D eigenvalue weighted by Gasteiger charge is 2.27. The lowest BCUT2D eigenvalue weighted by atomic mass is 10.2. The van der Waals surface area contributed by atoms with Gasteiger partial charge in [0.15, 0.2) is 0 Å². The summed E-state index contributed by atoms with van der Waals surface area (Å²) in [5.41, 5.74) is 0.959. The summed E-state index contributed by atoms with van der Waals surface area (Å²) in [5, 5.41) is 6.48. The molecule has 3 rings (SSSR count). The third-order valence-electron chi connectivity index (χ3n) is 5.10. The molecule has 1 unspecified atom stereocenters. The molecule has 1 heterocycles. The number of piperazine rings is 1. The van der Waals surface area contributed by atoms with Gasteiger partial charge in [0.05, 0.1) is 33.3 Å². The zero-order valence-electron chi connectivity index (χ0n) is 16.8. The summed E-state index contributed by atoms with van der Waals surface area (Å²) in [6.07, 6.45) is 0. The lowest BCUT2D eigenvalue weighted by molar-refractivity contribution is -0.122. The standard InChI is InChI=1S/C21H22Cl3FN4O2/c1-13(21(31)27-19-11-17(23)16(22)10-18(19)24)29-8-6-28(7-9-29)12-20(30)26-15-4-2-14(25)3-5-15/h2-5,10-11,13H,6-9,12H2,1H3,(H,26,30)(H,27,31). The largest absolute Gasteiger partial charge is 0.325 e. The summed E-state index contributed by atoms with van der Waals surface area (Å²) in [6, 6.07) is 8.26. The van der Waals surface area contributed by atoms with Gasteiger partial charge in [-0.1, -0.05) is 34.8 Å². The minimum Gasteiger partial charge on any atom is -0.325 e. The Hall–Kier alpha value is -1.90. The van der Waals surface area contributed by atoms with Crippen LogP contribution in [0, 0.1) is 5.82 Å². The average molecular weight is 488 g/mol. The number of anilines is 2. The van der Waals surface area contributed by atoms with Gasteiger partial charge < -0.3 is 10.6 Å². The van der Waals surface area contributed by atoms with E-state index in [0.29, 0.717) is 52.6 Å². The Morgan fingerprint density at radius 1 is 0.968 bits per heavy atom. The molecule has 0 spiro atoms. The minimum atomic E-state index is -0.388. The van der Waals surface area contributed by atoms with Crippen molar-refractivity contribution in [3.8, 4) is 0 Å². The molecule has 166 valence electrons. The van der Waals surface area contributed by atoms with Crippen molar-refractivity contribution >= 4 is 58.0 Å². The molecule has 2 N–H and O–H groups in total. The number of hydrogen-bond acceptors (Lipinski definition) is 4. The molecule has 0 bridgehead atoms. The SMILES string of the molecule is CC(C(=O)Nc1cc(Cl)c(Cl)cc1Cl)N1CCN(CC(=O)Nc2ccc(F)cc2)CC1. The summed E-state index contributed by atoms with van der Waals surface area (Å²) in [7, 11) is 0. The van der Waals surface area contributed by atoms with Crippen LogP contribution in [0.1, 0.15) is 6.92 Å². The fraction of sp³-hybridized carbons (Fsp3) is 0.333. The molecule has 10 heteroatoms. The van der Waals surface area contributed by atoms with E-state index in [-0.39, 0.29) is 30.2 Å². The van der Waals surface area contributed by atoms with Crippen molar-refractivity contribution < 1.29 is 14.0 Å². The molecule has 0 radical (unpaired) electrons. The molecule has 0 aromatic heterocycles. The van der Waals surface area contributed by atoms with Crippen LogP contribution in [0.4, 0.5) is 15.8 Å². The third kappa shape index (κ3) is 6.54. The van der Waals surface area contributed by atoms with Gasteiger partial charge >= 0.3 is 0 Å². The maximum Gasteiger partial charge on any atom is 0.241 e. The lowest BCUT2D eigenvalue weighted by Crippen LogP contribution is -2.53. The molecule has 6 nitrogen and oxygen atoms in total. The number of nitrogens with zero attached hydrogens (tertiary/aromatic N) is 2. The normalized spacial score (nSPS) is 16.0. The van der Waals surface area contributed by atoms with Crippen LogP contribution in [-0.2, 0) is 9.59 Å². The summed E-state index contributed by atoms with van der Waals surface area (Å²) < 4.78 is 13.0. The Balaban J connectivity index is 1.47. The molecule has 2 amide bonds. The molecule has 2 aromatic rings. The lowest BCUT2D eigenvalue weighted by Gasteiger charge is -2.37. The Bertz CT molecular complexity index is 950. The summed E-state index contributed by atoms with van der Waals surface area (Å²) in [4.78, 5) is 28.9. The van der Waals surface area contributed by atoms with Crippen LogP contribution in [0.3, 0.4) is 0 Å². The van der Waals surface area contributed by atoms with Gasteiger partial charge in [-0.3, -0.25) is 19.4 Å². The average Bonchev–Trinajstić information content (AvgIpc) is 2.73. The Kier molecular flexibility index (Phi) is 8.13. The van der Waals surface area contributed by atoms with Crippen molar-refractivity contribution in [1.82, 2.24) is 9.80 Å². The number of rotatable bonds is 6. The monoisotopic (exact) mass is 486 g/mol. The predicted octanol–water partition coefficient (Wildman–Crippen LogP) is 4.37. The van der Waals surface area contributed by atoms with Gasteiger partial charge in [0.1, 0.15) is 5.82 Å². The van der Waals surface area contributed by atoms with Crippen LogP contribution >= 0.6 is 34.8 Å². The fourth-order valence-electron chi connectivity index (χ4n) is 3.27. The quantitative estimate of drug-likeness (QED) is 0.594. The molecule has 2 aromatic carbocycles. The highest BCUT2D eigenvalue weighted by Crippen LogP contribution is 2.32. The van der Waals surface area contributed by atoms with E-state index in [1.807, 2.05) is 16.7 Å². The predicted molar refractivity (Wildman–Crippen MR) is 123 cm³/mol. The van der Waals surface area contributed by atoms with Crippen molar-refractivity contribution in [2.75, 3.05) is 43.4 Å². The van der Waals surface area contributed by atoms with Gasteiger partial charge in [-0.2, -0.15) is 0 Å². The molecular formula is C21H22Cl3FN4O2. The van der Waals surface area contributed by atoms with Gasteiger partial charge in [-0.25, -0.2) is 4.39 Å². The first-order valence-corrected chi connectivity index (χ1v) is 10.8. The Labute approximate surface area is 195 Å². The number of carbonyl (C=O) groups is 2. The van der Waals surface area contributed by atoms with Crippen LogP contribution in [0.15, 0.2) is 36.4 Å². The van der Waals surface area contributed by atoms with Crippen LogP contribution < -0.4 is 10.6 Å². The molecule has 0 aliphatic carbocycles. The minimum absolute atomic E-state index is 0.167. The number of nitrogens with one attached hydrogen (secondary N) is 2.